The first-order chi connectivity index (χ1) is 6.29. The highest BCUT2D eigenvalue weighted by atomic mass is 16.6. The fourth-order valence-corrected chi connectivity index (χ4v) is 1.36. The normalized spacial score (nSPS) is 23.2. The standard InChI is InChI=1S/C7H10N2O4/c10-6-5(7(11)13-9-6)4-3-12-2-1-8-4/h4,8,11H,1-3H2,(H,9,10). The summed E-state index contributed by atoms with van der Waals surface area (Å²) in [4.78, 5) is 11.1. The van der Waals surface area contributed by atoms with Crippen LogP contribution < -0.4 is 10.9 Å². The van der Waals surface area contributed by atoms with E-state index in [9.17, 15) is 9.90 Å². The molecule has 0 radical (unpaired) electrons. The Kier molecular flexibility index (Phi) is 2.07. The summed E-state index contributed by atoms with van der Waals surface area (Å²) in [5.41, 5.74) is -0.208. The summed E-state index contributed by atoms with van der Waals surface area (Å²) in [7, 11) is 0. The van der Waals surface area contributed by atoms with Gasteiger partial charge in [-0.2, -0.15) is 5.16 Å². The minimum Gasteiger partial charge on any atom is -0.479 e. The van der Waals surface area contributed by atoms with Gasteiger partial charge in [-0.05, 0) is 0 Å². The van der Waals surface area contributed by atoms with Crippen LogP contribution in [-0.4, -0.2) is 30.0 Å². The lowest BCUT2D eigenvalue weighted by Crippen LogP contribution is -2.36. The maximum absolute atomic E-state index is 11.1. The highest BCUT2D eigenvalue weighted by molar-refractivity contribution is 5.22. The fourth-order valence-electron chi connectivity index (χ4n) is 1.36. The minimum absolute atomic E-state index is 0.208. The second kappa shape index (κ2) is 3.23. The van der Waals surface area contributed by atoms with Crippen LogP contribution in [0.2, 0.25) is 0 Å². The Morgan fingerprint density at radius 2 is 2.38 bits per heavy atom. The van der Waals surface area contributed by atoms with Crippen LogP contribution in [0.1, 0.15) is 11.6 Å². The molecule has 6 heteroatoms. The third kappa shape index (κ3) is 1.45. The third-order valence-electron chi connectivity index (χ3n) is 1.99. The molecule has 0 bridgehead atoms. The molecule has 1 unspecified atom stereocenters. The van der Waals surface area contributed by atoms with Crippen molar-refractivity contribution in [1.29, 1.82) is 0 Å². The average molecular weight is 186 g/mol. The zero-order valence-corrected chi connectivity index (χ0v) is 6.87. The first-order valence-electron chi connectivity index (χ1n) is 4.00. The number of ether oxygens (including phenoxy) is 1. The number of H-pyrrole nitrogens is 1. The van der Waals surface area contributed by atoms with Gasteiger partial charge in [-0.25, -0.2) is 0 Å². The monoisotopic (exact) mass is 186 g/mol. The Labute approximate surface area is 73.5 Å². The van der Waals surface area contributed by atoms with Gasteiger partial charge in [0.25, 0.3) is 5.56 Å². The highest BCUT2D eigenvalue weighted by Crippen LogP contribution is 2.20. The Bertz CT molecular complexity index is 337. The van der Waals surface area contributed by atoms with Crippen LogP contribution in [-0.2, 0) is 4.74 Å². The first-order valence-corrected chi connectivity index (χ1v) is 4.00. The summed E-state index contributed by atoms with van der Waals surface area (Å²) in [6.07, 6.45) is 0. The number of morpholine rings is 1. The SMILES string of the molecule is O=c1[nH]oc(O)c1C1COCCN1. The lowest BCUT2D eigenvalue weighted by atomic mass is 10.1. The molecule has 0 amide bonds. The molecule has 1 aliphatic heterocycles. The van der Waals surface area contributed by atoms with Gasteiger partial charge in [0, 0.05) is 6.54 Å². The molecule has 0 saturated carbocycles. The molecule has 2 rings (SSSR count). The maximum atomic E-state index is 11.1. The van der Waals surface area contributed by atoms with Crippen molar-refractivity contribution >= 4 is 0 Å². The van der Waals surface area contributed by atoms with E-state index >= 15 is 0 Å². The number of aromatic nitrogens is 1. The molecule has 0 spiro atoms. The van der Waals surface area contributed by atoms with Crippen LogP contribution in [0, 0.1) is 0 Å². The van der Waals surface area contributed by atoms with Crippen LogP contribution in [0.4, 0.5) is 0 Å². The number of hydrogen-bond donors (Lipinski definition) is 3. The predicted molar refractivity (Wildman–Crippen MR) is 42.6 cm³/mol. The third-order valence-corrected chi connectivity index (χ3v) is 1.99. The molecule has 72 valence electrons. The smallest absolute Gasteiger partial charge is 0.314 e. The van der Waals surface area contributed by atoms with E-state index in [2.05, 4.69) is 15.0 Å². The van der Waals surface area contributed by atoms with E-state index in [1.807, 2.05) is 0 Å². The largest absolute Gasteiger partial charge is 0.479 e. The molecule has 3 N–H and O–H groups in total. The van der Waals surface area contributed by atoms with Crippen LogP contribution in [0.15, 0.2) is 9.32 Å². The highest BCUT2D eigenvalue weighted by Gasteiger charge is 2.24. The lowest BCUT2D eigenvalue weighted by molar-refractivity contribution is 0.0752. The van der Waals surface area contributed by atoms with Crippen molar-refractivity contribution in [1.82, 2.24) is 10.5 Å². The summed E-state index contributed by atoms with van der Waals surface area (Å²) in [5.74, 6) is -0.368. The van der Waals surface area contributed by atoms with E-state index in [4.69, 9.17) is 4.74 Å². The molecular formula is C7H10N2O4. The fraction of sp³-hybridized carbons (Fsp3) is 0.571. The molecule has 0 aliphatic carbocycles. The molecule has 13 heavy (non-hydrogen) atoms. The van der Waals surface area contributed by atoms with Gasteiger partial charge < -0.3 is 19.7 Å². The molecular weight excluding hydrogens is 176 g/mol. The van der Waals surface area contributed by atoms with E-state index in [1.165, 1.54) is 0 Å². The topological polar surface area (TPSA) is 87.5 Å². The molecule has 1 saturated heterocycles. The lowest BCUT2D eigenvalue weighted by Gasteiger charge is -2.21. The van der Waals surface area contributed by atoms with E-state index < -0.39 is 5.56 Å². The summed E-state index contributed by atoms with van der Waals surface area (Å²) < 4.78 is 9.62. The molecule has 1 aromatic heterocycles. The van der Waals surface area contributed by atoms with Crippen molar-refractivity contribution in [3.63, 3.8) is 0 Å². The van der Waals surface area contributed by atoms with Gasteiger partial charge in [-0.1, -0.05) is 0 Å². The van der Waals surface area contributed by atoms with Crippen LogP contribution >= 0.6 is 0 Å². The van der Waals surface area contributed by atoms with Crippen molar-refractivity contribution in [2.75, 3.05) is 19.8 Å². The zero-order chi connectivity index (χ0) is 9.26. The van der Waals surface area contributed by atoms with Gasteiger partial charge in [-0.3, -0.25) is 4.79 Å². The van der Waals surface area contributed by atoms with E-state index in [1.54, 1.807) is 0 Å². The summed E-state index contributed by atoms with van der Waals surface area (Å²) >= 11 is 0. The van der Waals surface area contributed by atoms with Gasteiger partial charge >= 0.3 is 5.95 Å². The molecule has 1 atom stereocenters. The van der Waals surface area contributed by atoms with Gasteiger partial charge in [0.05, 0.1) is 19.3 Å². The van der Waals surface area contributed by atoms with Gasteiger partial charge in [-0.15, -0.1) is 0 Å². The summed E-state index contributed by atoms with van der Waals surface area (Å²) in [5, 5.41) is 14.3. The minimum atomic E-state index is -0.416. The van der Waals surface area contributed by atoms with Crippen molar-refractivity contribution in [2.45, 2.75) is 6.04 Å². The Hall–Kier alpha value is -1.27. The van der Waals surface area contributed by atoms with E-state index in [-0.39, 0.29) is 17.6 Å². The van der Waals surface area contributed by atoms with Crippen molar-refractivity contribution in [3.05, 3.63) is 15.9 Å². The maximum Gasteiger partial charge on any atom is 0.314 e. The Balaban J connectivity index is 2.27. The Morgan fingerprint density at radius 1 is 1.54 bits per heavy atom. The van der Waals surface area contributed by atoms with E-state index in [0.29, 0.717) is 19.8 Å². The van der Waals surface area contributed by atoms with Gasteiger partial charge in [0.2, 0.25) is 0 Å². The molecule has 1 aromatic rings. The molecule has 0 aromatic carbocycles. The van der Waals surface area contributed by atoms with E-state index in [0.717, 1.165) is 0 Å². The van der Waals surface area contributed by atoms with Crippen LogP contribution in [0.5, 0.6) is 5.95 Å². The Morgan fingerprint density at radius 3 is 2.92 bits per heavy atom. The quantitative estimate of drug-likeness (QED) is 0.541. The second-order valence-electron chi connectivity index (χ2n) is 2.83. The summed E-state index contributed by atoms with van der Waals surface area (Å²) in [6.45, 7) is 1.65. The molecule has 1 aliphatic rings. The van der Waals surface area contributed by atoms with Crippen LogP contribution in [0.3, 0.4) is 0 Å². The van der Waals surface area contributed by atoms with Gasteiger partial charge in [0.1, 0.15) is 5.56 Å². The zero-order valence-electron chi connectivity index (χ0n) is 6.87. The van der Waals surface area contributed by atoms with Crippen molar-refractivity contribution in [3.8, 4) is 5.95 Å². The number of aromatic hydroxyl groups is 1. The molecule has 2 heterocycles. The first kappa shape index (κ1) is 8.33. The molecule has 6 nitrogen and oxygen atoms in total. The van der Waals surface area contributed by atoms with Crippen LogP contribution in [0.25, 0.3) is 0 Å². The predicted octanol–water partition coefficient (Wildman–Crippen LogP) is -0.666. The average Bonchev–Trinajstić information content (AvgIpc) is 2.48. The van der Waals surface area contributed by atoms with Crippen molar-refractivity contribution in [2.24, 2.45) is 0 Å². The summed E-state index contributed by atoms with van der Waals surface area (Å²) in [6, 6.07) is -0.281. The number of hydrogen-bond acceptors (Lipinski definition) is 5. The molecule has 1 fully saturated rings. The second-order valence-corrected chi connectivity index (χ2v) is 2.83. The number of rotatable bonds is 1. The number of nitrogens with one attached hydrogen (secondary N) is 2. The number of aromatic amines is 1. The van der Waals surface area contributed by atoms with Crippen molar-refractivity contribution < 1.29 is 14.4 Å². The van der Waals surface area contributed by atoms with Gasteiger partial charge in [0.15, 0.2) is 0 Å².